The highest BCUT2D eigenvalue weighted by Crippen LogP contribution is 2.15. The molecule has 0 aromatic carbocycles. The maximum atomic E-state index is 4.39. The molecular formula is C12H20N2. The first kappa shape index (κ1) is 11.0. The molecule has 0 spiro atoms. The van der Waals surface area contributed by atoms with E-state index in [0.29, 0.717) is 6.04 Å². The average molecular weight is 192 g/mol. The zero-order chi connectivity index (χ0) is 10.4. The Morgan fingerprint density at radius 2 is 2.21 bits per heavy atom. The summed E-state index contributed by atoms with van der Waals surface area (Å²) in [7, 11) is 0. The fourth-order valence-electron chi connectivity index (χ4n) is 1.37. The van der Waals surface area contributed by atoms with Crippen LogP contribution >= 0.6 is 0 Å². The van der Waals surface area contributed by atoms with E-state index in [2.05, 4.69) is 37.1 Å². The summed E-state index contributed by atoms with van der Waals surface area (Å²) in [6.45, 7) is 6.57. The van der Waals surface area contributed by atoms with Crippen molar-refractivity contribution in [3.8, 4) is 0 Å². The second-order valence-corrected chi connectivity index (χ2v) is 3.70. The highest BCUT2D eigenvalue weighted by molar-refractivity contribution is 5.48. The van der Waals surface area contributed by atoms with Crippen LogP contribution in [0.2, 0.25) is 0 Å². The molecule has 0 radical (unpaired) electrons. The van der Waals surface area contributed by atoms with Crippen LogP contribution in [-0.2, 0) is 6.42 Å². The van der Waals surface area contributed by atoms with Gasteiger partial charge in [-0.3, -0.25) is 4.98 Å². The van der Waals surface area contributed by atoms with Crippen molar-refractivity contribution in [1.82, 2.24) is 4.98 Å². The minimum absolute atomic E-state index is 0.523. The van der Waals surface area contributed by atoms with E-state index in [-0.39, 0.29) is 0 Å². The minimum Gasteiger partial charge on any atom is -0.381 e. The minimum atomic E-state index is 0.523. The van der Waals surface area contributed by atoms with Gasteiger partial charge in [0.05, 0.1) is 11.4 Å². The van der Waals surface area contributed by atoms with Crippen LogP contribution in [0.3, 0.4) is 0 Å². The molecule has 0 saturated heterocycles. The molecule has 0 amide bonds. The standard InChI is InChI=1S/C12H20N2/c1-4-7-11-12(8-6-9-13-11)14-10(3)5-2/h6,8-10,14H,4-5,7H2,1-3H3. The molecule has 1 aromatic rings. The van der Waals surface area contributed by atoms with Crippen molar-refractivity contribution in [3.05, 3.63) is 24.0 Å². The van der Waals surface area contributed by atoms with Crippen LogP contribution in [0.1, 0.15) is 39.3 Å². The van der Waals surface area contributed by atoms with E-state index in [1.54, 1.807) is 0 Å². The number of aryl methyl sites for hydroxylation is 1. The van der Waals surface area contributed by atoms with Crippen molar-refractivity contribution >= 4 is 5.69 Å². The summed E-state index contributed by atoms with van der Waals surface area (Å²) in [5, 5.41) is 3.48. The van der Waals surface area contributed by atoms with Crippen LogP contribution in [0, 0.1) is 0 Å². The third kappa shape index (κ3) is 3.02. The molecule has 0 bridgehead atoms. The Kier molecular flexibility index (Phi) is 4.44. The van der Waals surface area contributed by atoms with Gasteiger partial charge in [0.2, 0.25) is 0 Å². The van der Waals surface area contributed by atoms with Gasteiger partial charge in [-0.1, -0.05) is 20.3 Å². The normalized spacial score (nSPS) is 12.5. The van der Waals surface area contributed by atoms with Crippen LogP contribution in [-0.4, -0.2) is 11.0 Å². The fourth-order valence-corrected chi connectivity index (χ4v) is 1.37. The molecule has 0 aliphatic heterocycles. The summed E-state index contributed by atoms with van der Waals surface area (Å²) >= 11 is 0. The Hall–Kier alpha value is -1.05. The summed E-state index contributed by atoms with van der Waals surface area (Å²) in [6.07, 6.45) is 5.21. The molecule has 1 N–H and O–H groups in total. The second kappa shape index (κ2) is 5.63. The zero-order valence-electron chi connectivity index (χ0n) is 9.38. The van der Waals surface area contributed by atoms with Gasteiger partial charge in [-0.2, -0.15) is 0 Å². The number of aromatic nitrogens is 1. The first-order valence-corrected chi connectivity index (χ1v) is 5.48. The molecule has 1 atom stereocenters. The van der Waals surface area contributed by atoms with Crippen molar-refractivity contribution in [2.45, 2.75) is 46.1 Å². The Morgan fingerprint density at radius 1 is 1.43 bits per heavy atom. The average Bonchev–Trinajstić information content (AvgIpc) is 2.21. The summed E-state index contributed by atoms with van der Waals surface area (Å²) < 4.78 is 0. The van der Waals surface area contributed by atoms with E-state index in [4.69, 9.17) is 0 Å². The lowest BCUT2D eigenvalue weighted by Crippen LogP contribution is -2.15. The monoisotopic (exact) mass is 192 g/mol. The van der Waals surface area contributed by atoms with Crippen molar-refractivity contribution < 1.29 is 0 Å². The molecule has 1 heterocycles. The molecule has 0 fully saturated rings. The first-order valence-electron chi connectivity index (χ1n) is 5.48. The van der Waals surface area contributed by atoms with Gasteiger partial charge in [0.1, 0.15) is 0 Å². The lowest BCUT2D eigenvalue weighted by molar-refractivity contribution is 0.757. The molecule has 0 aliphatic rings. The first-order chi connectivity index (χ1) is 6.77. The van der Waals surface area contributed by atoms with E-state index in [9.17, 15) is 0 Å². The van der Waals surface area contributed by atoms with Crippen molar-refractivity contribution in [2.75, 3.05) is 5.32 Å². The largest absolute Gasteiger partial charge is 0.381 e. The maximum Gasteiger partial charge on any atom is 0.0634 e. The van der Waals surface area contributed by atoms with E-state index in [0.717, 1.165) is 19.3 Å². The summed E-state index contributed by atoms with van der Waals surface area (Å²) in [5.74, 6) is 0. The summed E-state index contributed by atoms with van der Waals surface area (Å²) in [4.78, 5) is 4.39. The molecule has 1 unspecified atom stereocenters. The molecular weight excluding hydrogens is 172 g/mol. The quantitative estimate of drug-likeness (QED) is 0.774. The van der Waals surface area contributed by atoms with Gasteiger partial charge in [0.15, 0.2) is 0 Å². The fraction of sp³-hybridized carbons (Fsp3) is 0.583. The number of anilines is 1. The van der Waals surface area contributed by atoms with Crippen LogP contribution in [0.15, 0.2) is 18.3 Å². The maximum absolute atomic E-state index is 4.39. The van der Waals surface area contributed by atoms with Gasteiger partial charge in [-0.05, 0) is 31.9 Å². The number of nitrogens with one attached hydrogen (secondary N) is 1. The molecule has 78 valence electrons. The number of hydrogen-bond donors (Lipinski definition) is 1. The predicted octanol–water partition coefficient (Wildman–Crippen LogP) is 3.24. The Labute approximate surface area is 86.8 Å². The number of nitrogens with zero attached hydrogens (tertiary/aromatic N) is 1. The van der Waals surface area contributed by atoms with E-state index in [1.165, 1.54) is 11.4 Å². The molecule has 1 aromatic heterocycles. The highest BCUT2D eigenvalue weighted by atomic mass is 14.9. The van der Waals surface area contributed by atoms with Crippen molar-refractivity contribution in [3.63, 3.8) is 0 Å². The van der Waals surface area contributed by atoms with Gasteiger partial charge in [-0.25, -0.2) is 0 Å². The van der Waals surface area contributed by atoms with Crippen LogP contribution < -0.4 is 5.32 Å². The third-order valence-electron chi connectivity index (χ3n) is 2.39. The molecule has 0 saturated carbocycles. The molecule has 14 heavy (non-hydrogen) atoms. The third-order valence-corrected chi connectivity index (χ3v) is 2.39. The lowest BCUT2D eigenvalue weighted by atomic mass is 10.1. The van der Waals surface area contributed by atoms with Gasteiger partial charge in [0.25, 0.3) is 0 Å². The van der Waals surface area contributed by atoms with Crippen LogP contribution in [0.25, 0.3) is 0 Å². The van der Waals surface area contributed by atoms with Crippen LogP contribution in [0.4, 0.5) is 5.69 Å². The predicted molar refractivity (Wildman–Crippen MR) is 61.6 cm³/mol. The smallest absolute Gasteiger partial charge is 0.0634 e. The van der Waals surface area contributed by atoms with Gasteiger partial charge < -0.3 is 5.32 Å². The van der Waals surface area contributed by atoms with Gasteiger partial charge >= 0.3 is 0 Å². The topological polar surface area (TPSA) is 24.9 Å². The molecule has 1 rings (SSSR count). The SMILES string of the molecule is CCCc1ncccc1NC(C)CC. The van der Waals surface area contributed by atoms with Gasteiger partial charge in [-0.15, -0.1) is 0 Å². The number of rotatable bonds is 5. The molecule has 2 heteroatoms. The summed E-state index contributed by atoms with van der Waals surface area (Å²) in [5.41, 5.74) is 2.39. The van der Waals surface area contributed by atoms with E-state index < -0.39 is 0 Å². The van der Waals surface area contributed by atoms with E-state index >= 15 is 0 Å². The van der Waals surface area contributed by atoms with Crippen molar-refractivity contribution in [2.24, 2.45) is 0 Å². The molecule has 0 aliphatic carbocycles. The van der Waals surface area contributed by atoms with Crippen molar-refractivity contribution in [1.29, 1.82) is 0 Å². The lowest BCUT2D eigenvalue weighted by Gasteiger charge is -2.15. The second-order valence-electron chi connectivity index (χ2n) is 3.70. The molecule has 2 nitrogen and oxygen atoms in total. The van der Waals surface area contributed by atoms with Crippen LogP contribution in [0.5, 0.6) is 0 Å². The summed E-state index contributed by atoms with van der Waals surface area (Å²) in [6, 6.07) is 4.63. The zero-order valence-corrected chi connectivity index (χ0v) is 9.38. The highest BCUT2D eigenvalue weighted by Gasteiger charge is 2.04. The van der Waals surface area contributed by atoms with E-state index in [1.807, 2.05) is 12.3 Å². The Morgan fingerprint density at radius 3 is 2.86 bits per heavy atom. The Balaban J connectivity index is 2.73. The van der Waals surface area contributed by atoms with Gasteiger partial charge in [0, 0.05) is 12.2 Å². The number of hydrogen-bond acceptors (Lipinski definition) is 2. The number of pyridine rings is 1. The Bertz CT molecular complexity index is 271.